The summed E-state index contributed by atoms with van der Waals surface area (Å²) in [5, 5.41) is 3.58. The van der Waals surface area contributed by atoms with Crippen LogP contribution in [0.4, 0.5) is 0 Å². The first-order valence-corrected chi connectivity index (χ1v) is 6.42. The Kier molecular flexibility index (Phi) is 3.04. The third-order valence-corrected chi connectivity index (χ3v) is 3.80. The standard InChI is InChI=1S/C14H19NO2/c1-16-11-8-6-10(7-9-11)14-15-12-4-2-3-5-13(12)17-14/h6-9,12-15H,2-5H2,1H3/t12-,13+,14+/m0/s1. The molecule has 2 fully saturated rings. The lowest BCUT2D eigenvalue weighted by atomic mass is 9.93. The molecule has 1 saturated heterocycles. The Morgan fingerprint density at radius 3 is 2.65 bits per heavy atom. The molecule has 92 valence electrons. The Morgan fingerprint density at radius 2 is 1.94 bits per heavy atom. The summed E-state index contributed by atoms with van der Waals surface area (Å²) in [4.78, 5) is 0. The molecule has 0 aromatic heterocycles. The fraction of sp³-hybridized carbons (Fsp3) is 0.571. The summed E-state index contributed by atoms with van der Waals surface area (Å²) in [5.41, 5.74) is 1.19. The van der Waals surface area contributed by atoms with Crippen LogP contribution in [-0.4, -0.2) is 19.3 Å². The molecule has 0 spiro atoms. The lowest BCUT2D eigenvalue weighted by molar-refractivity contribution is 0.0246. The van der Waals surface area contributed by atoms with Crippen molar-refractivity contribution in [2.45, 2.75) is 44.1 Å². The van der Waals surface area contributed by atoms with Crippen LogP contribution in [0.3, 0.4) is 0 Å². The van der Waals surface area contributed by atoms with Crippen LogP contribution in [0.1, 0.15) is 37.5 Å². The molecule has 1 aliphatic heterocycles. The molecule has 1 aromatic rings. The van der Waals surface area contributed by atoms with Crippen molar-refractivity contribution in [3.8, 4) is 5.75 Å². The maximum absolute atomic E-state index is 6.07. The van der Waals surface area contributed by atoms with Crippen molar-refractivity contribution in [3.63, 3.8) is 0 Å². The monoisotopic (exact) mass is 233 g/mol. The van der Waals surface area contributed by atoms with Crippen LogP contribution >= 0.6 is 0 Å². The van der Waals surface area contributed by atoms with Gasteiger partial charge >= 0.3 is 0 Å². The second-order valence-electron chi connectivity index (χ2n) is 4.89. The average Bonchev–Trinajstić information content (AvgIpc) is 2.82. The highest BCUT2D eigenvalue weighted by molar-refractivity contribution is 5.28. The van der Waals surface area contributed by atoms with Crippen LogP contribution in [0.5, 0.6) is 5.75 Å². The van der Waals surface area contributed by atoms with E-state index in [0.29, 0.717) is 12.1 Å². The Morgan fingerprint density at radius 1 is 1.18 bits per heavy atom. The first-order valence-electron chi connectivity index (χ1n) is 6.42. The summed E-state index contributed by atoms with van der Waals surface area (Å²) >= 11 is 0. The van der Waals surface area contributed by atoms with Crippen molar-refractivity contribution in [1.82, 2.24) is 5.32 Å². The Labute approximate surface area is 102 Å². The van der Waals surface area contributed by atoms with Crippen molar-refractivity contribution >= 4 is 0 Å². The van der Waals surface area contributed by atoms with Gasteiger partial charge in [0.2, 0.25) is 0 Å². The van der Waals surface area contributed by atoms with E-state index in [4.69, 9.17) is 9.47 Å². The van der Waals surface area contributed by atoms with Gasteiger partial charge in [-0.05, 0) is 30.5 Å². The van der Waals surface area contributed by atoms with Crippen LogP contribution in [0.2, 0.25) is 0 Å². The second-order valence-corrected chi connectivity index (χ2v) is 4.89. The number of nitrogens with one attached hydrogen (secondary N) is 1. The number of rotatable bonds is 2. The molecule has 0 bridgehead atoms. The fourth-order valence-electron chi connectivity index (χ4n) is 2.81. The Hall–Kier alpha value is -1.06. The van der Waals surface area contributed by atoms with E-state index in [0.717, 1.165) is 5.75 Å². The van der Waals surface area contributed by atoms with E-state index in [-0.39, 0.29) is 6.23 Å². The van der Waals surface area contributed by atoms with E-state index in [1.165, 1.54) is 31.2 Å². The van der Waals surface area contributed by atoms with Gasteiger partial charge in [0.05, 0.1) is 13.2 Å². The van der Waals surface area contributed by atoms with Gasteiger partial charge in [-0.2, -0.15) is 0 Å². The summed E-state index contributed by atoms with van der Waals surface area (Å²) in [5.74, 6) is 0.893. The number of methoxy groups -OCH3 is 1. The van der Waals surface area contributed by atoms with Crippen LogP contribution in [0.15, 0.2) is 24.3 Å². The first kappa shape index (κ1) is 11.1. The van der Waals surface area contributed by atoms with E-state index in [9.17, 15) is 0 Å². The Bertz CT molecular complexity index is 362. The first-order chi connectivity index (χ1) is 8.36. The molecule has 3 nitrogen and oxygen atoms in total. The van der Waals surface area contributed by atoms with Gasteiger partial charge in [-0.15, -0.1) is 0 Å². The van der Waals surface area contributed by atoms with Crippen molar-refractivity contribution in [1.29, 1.82) is 0 Å². The zero-order valence-electron chi connectivity index (χ0n) is 10.2. The third-order valence-electron chi connectivity index (χ3n) is 3.80. The van der Waals surface area contributed by atoms with Crippen LogP contribution in [-0.2, 0) is 4.74 Å². The number of benzene rings is 1. The van der Waals surface area contributed by atoms with Crippen LogP contribution < -0.4 is 10.1 Å². The van der Waals surface area contributed by atoms with Gasteiger partial charge in [0.15, 0.2) is 0 Å². The van der Waals surface area contributed by atoms with Crippen molar-refractivity contribution in [2.24, 2.45) is 0 Å². The number of hydrogen-bond donors (Lipinski definition) is 1. The fourth-order valence-corrected chi connectivity index (χ4v) is 2.81. The molecule has 1 aromatic carbocycles. The Balaban J connectivity index is 1.72. The van der Waals surface area contributed by atoms with E-state index in [2.05, 4.69) is 17.4 Å². The summed E-state index contributed by atoms with van der Waals surface area (Å²) < 4.78 is 11.2. The van der Waals surface area contributed by atoms with E-state index < -0.39 is 0 Å². The number of ether oxygens (including phenoxy) is 2. The molecule has 17 heavy (non-hydrogen) atoms. The number of fused-ring (bicyclic) bond motifs is 1. The summed E-state index contributed by atoms with van der Waals surface area (Å²) in [6.45, 7) is 0. The molecule has 0 amide bonds. The van der Waals surface area contributed by atoms with Gasteiger partial charge in [0.1, 0.15) is 12.0 Å². The van der Waals surface area contributed by atoms with Crippen LogP contribution in [0, 0.1) is 0 Å². The quantitative estimate of drug-likeness (QED) is 0.851. The summed E-state index contributed by atoms with van der Waals surface area (Å²) in [6.07, 6.45) is 5.55. The zero-order valence-corrected chi connectivity index (χ0v) is 10.2. The van der Waals surface area contributed by atoms with Crippen molar-refractivity contribution < 1.29 is 9.47 Å². The third kappa shape index (κ3) is 2.17. The SMILES string of the molecule is COc1ccc([C@@H]2N[C@H]3CCCC[C@H]3O2)cc1. The zero-order chi connectivity index (χ0) is 11.7. The molecule has 0 unspecified atom stereocenters. The molecule has 3 atom stereocenters. The highest BCUT2D eigenvalue weighted by Crippen LogP contribution is 2.33. The van der Waals surface area contributed by atoms with Crippen molar-refractivity contribution in [2.75, 3.05) is 7.11 Å². The molecule has 2 aliphatic rings. The predicted octanol–water partition coefficient (Wildman–Crippen LogP) is 2.62. The largest absolute Gasteiger partial charge is 0.497 e. The molecule has 1 N–H and O–H groups in total. The van der Waals surface area contributed by atoms with E-state index in [1.807, 2.05) is 12.1 Å². The average molecular weight is 233 g/mol. The molecule has 1 heterocycles. The minimum Gasteiger partial charge on any atom is -0.497 e. The van der Waals surface area contributed by atoms with Gasteiger partial charge in [0, 0.05) is 6.04 Å². The van der Waals surface area contributed by atoms with Gasteiger partial charge in [-0.25, -0.2) is 0 Å². The maximum atomic E-state index is 6.07. The summed E-state index contributed by atoms with van der Waals surface area (Å²) in [6, 6.07) is 8.68. The second kappa shape index (κ2) is 4.67. The molecule has 1 aliphatic carbocycles. The van der Waals surface area contributed by atoms with Gasteiger partial charge in [-0.3, -0.25) is 5.32 Å². The predicted molar refractivity (Wildman–Crippen MR) is 66.0 cm³/mol. The molecule has 3 rings (SSSR count). The minimum absolute atomic E-state index is 0.0639. The van der Waals surface area contributed by atoms with Crippen molar-refractivity contribution in [3.05, 3.63) is 29.8 Å². The van der Waals surface area contributed by atoms with E-state index in [1.54, 1.807) is 7.11 Å². The normalized spacial score (nSPS) is 32.2. The highest BCUT2D eigenvalue weighted by atomic mass is 16.5. The van der Waals surface area contributed by atoms with E-state index >= 15 is 0 Å². The topological polar surface area (TPSA) is 30.5 Å². The number of hydrogen-bond acceptors (Lipinski definition) is 3. The van der Waals surface area contributed by atoms with Gasteiger partial charge in [0.25, 0.3) is 0 Å². The lowest BCUT2D eigenvalue weighted by Crippen LogP contribution is -2.33. The molecular formula is C14H19NO2. The lowest BCUT2D eigenvalue weighted by Gasteiger charge is -2.22. The van der Waals surface area contributed by atoms with Gasteiger partial charge in [-0.1, -0.05) is 25.0 Å². The smallest absolute Gasteiger partial charge is 0.135 e. The highest BCUT2D eigenvalue weighted by Gasteiger charge is 2.36. The molecule has 0 radical (unpaired) electrons. The molecular weight excluding hydrogens is 214 g/mol. The molecule has 3 heteroatoms. The minimum atomic E-state index is 0.0639. The molecule has 1 saturated carbocycles. The van der Waals surface area contributed by atoms with Gasteiger partial charge < -0.3 is 9.47 Å². The van der Waals surface area contributed by atoms with Crippen LogP contribution in [0.25, 0.3) is 0 Å². The summed E-state index contributed by atoms with van der Waals surface area (Å²) in [7, 11) is 1.69. The maximum Gasteiger partial charge on any atom is 0.135 e.